The maximum Gasteiger partial charge on any atom is 0.221 e. The molecule has 1 amide bonds. The highest BCUT2D eigenvalue weighted by molar-refractivity contribution is 9.10. The van der Waals surface area contributed by atoms with Crippen molar-refractivity contribution in [2.75, 3.05) is 0 Å². The number of allylic oxidation sites excluding steroid dienone is 4. The van der Waals surface area contributed by atoms with Gasteiger partial charge in [-0.2, -0.15) is 0 Å². The van der Waals surface area contributed by atoms with Gasteiger partial charge in [0.2, 0.25) is 5.91 Å². The van der Waals surface area contributed by atoms with Crippen LogP contribution in [0, 0.1) is 10.8 Å². The third kappa shape index (κ3) is 3.10. The van der Waals surface area contributed by atoms with Gasteiger partial charge in [-0.15, -0.1) is 0 Å². The number of hydrogen-bond acceptors (Lipinski definition) is 2. The number of halogens is 1. The van der Waals surface area contributed by atoms with Gasteiger partial charge >= 0.3 is 0 Å². The number of carbonyl (C=O) groups is 1. The highest BCUT2D eigenvalue weighted by Gasteiger charge is 2.61. The summed E-state index contributed by atoms with van der Waals surface area (Å²) in [6, 6.07) is 19.4. The first-order valence-electron chi connectivity index (χ1n) is 11.9. The van der Waals surface area contributed by atoms with Crippen molar-refractivity contribution in [3.63, 3.8) is 0 Å². The Balaban J connectivity index is 1.59. The molecule has 2 fully saturated rings. The molecule has 1 spiro atoms. The number of nitrogens with one attached hydrogen (secondary N) is 2. The van der Waals surface area contributed by atoms with Crippen LogP contribution in [0.15, 0.2) is 94.1 Å². The lowest BCUT2D eigenvalue weighted by atomic mass is 9.54. The van der Waals surface area contributed by atoms with Gasteiger partial charge in [-0.3, -0.25) is 4.79 Å². The van der Waals surface area contributed by atoms with E-state index in [1.165, 1.54) is 28.0 Å². The van der Waals surface area contributed by atoms with Gasteiger partial charge in [0.25, 0.3) is 0 Å². The van der Waals surface area contributed by atoms with Crippen molar-refractivity contribution in [1.82, 2.24) is 10.6 Å². The Morgan fingerprint density at radius 2 is 1.73 bits per heavy atom. The maximum atomic E-state index is 13.1. The first-order chi connectivity index (χ1) is 15.9. The second-order valence-electron chi connectivity index (χ2n) is 10.4. The zero-order chi connectivity index (χ0) is 22.8. The Bertz CT molecular complexity index is 1210. The van der Waals surface area contributed by atoms with Gasteiger partial charge in [0.1, 0.15) is 0 Å². The summed E-state index contributed by atoms with van der Waals surface area (Å²) in [5.41, 5.74) is 6.18. The highest BCUT2D eigenvalue weighted by Crippen LogP contribution is 2.62. The summed E-state index contributed by atoms with van der Waals surface area (Å²) in [6.45, 7) is 4.64. The molecule has 2 heterocycles. The number of carbonyl (C=O) groups excluding carboxylic acids is 1. The minimum atomic E-state index is -0.342. The molecule has 0 aromatic heterocycles. The molecule has 168 valence electrons. The van der Waals surface area contributed by atoms with E-state index in [1.54, 1.807) is 0 Å². The minimum absolute atomic E-state index is 0.00241. The molecule has 2 aliphatic heterocycles. The van der Waals surface area contributed by atoms with Gasteiger partial charge < -0.3 is 10.6 Å². The molecule has 6 rings (SSSR count). The molecular formula is C29H29BrN2O. The summed E-state index contributed by atoms with van der Waals surface area (Å²) in [6.07, 6.45) is 9.69. The highest BCUT2D eigenvalue weighted by atomic mass is 79.9. The lowest BCUT2D eigenvalue weighted by molar-refractivity contribution is -0.119. The van der Waals surface area contributed by atoms with E-state index in [0.29, 0.717) is 6.42 Å². The fourth-order valence-electron chi connectivity index (χ4n) is 6.75. The average molecular weight is 501 g/mol. The SMILES string of the molecule is CC1(C)C=C2NC(c3ccc(Br)cc3)C(c3ccccc3)C3NC(=O)CC23C2=C1CCC=C2. The molecule has 0 saturated carbocycles. The number of rotatable bonds is 2. The fraction of sp³-hybridized carbons (Fsp3) is 0.345. The smallest absolute Gasteiger partial charge is 0.221 e. The van der Waals surface area contributed by atoms with Crippen LogP contribution in [0.1, 0.15) is 56.2 Å². The topological polar surface area (TPSA) is 41.1 Å². The van der Waals surface area contributed by atoms with Crippen molar-refractivity contribution in [1.29, 1.82) is 0 Å². The van der Waals surface area contributed by atoms with Gasteiger partial charge in [0, 0.05) is 27.9 Å². The molecule has 2 N–H and O–H groups in total. The summed E-state index contributed by atoms with van der Waals surface area (Å²) in [7, 11) is 0. The summed E-state index contributed by atoms with van der Waals surface area (Å²) < 4.78 is 1.07. The van der Waals surface area contributed by atoms with Crippen LogP contribution in [-0.2, 0) is 4.79 Å². The fourth-order valence-corrected chi connectivity index (χ4v) is 7.01. The molecule has 4 unspecified atom stereocenters. The summed E-state index contributed by atoms with van der Waals surface area (Å²) in [4.78, 5) is 13.1. The summed E-state index contributed by atoms with van der Waals surface area (Å²) >= 11 is 3.59. The van der Waals surface area contributed by atoms with E-state index in [2.05, 4.69) is 113 Å². The van der Waals surface area contributed by atoms with Crippen LogP contribution < -0.4 is 10.6 Å². The van der Waals surface area contributed by atoms with Crippen LogP contribution in [0.5, 0.6) is 0 Å². The van der Waals surface area contributed by atoms with Gasteiger partial charge in [-0.1, -0.05) is 96.0 Å². The monoisotopic (exact) mass is 500 g/mol. The predicted octanol–water partition coefficient (Wildman–Crippen LogP) is 6.32. The quantitative estimate of drug-likeness (QED) is 0.506. The largest absolute Gasteiger partial charge is 0.380 e. The van der Waals surface area contributed by atoms with E-state index in [9.17, 15) is 4.79 Å². The van der Waals surface area contributed by atoms with E-state index >= 15 is 0 Å². The van der Waals surface area contributed by atoms with Crippen LogP contribution in [-0.4, -0.2) is 11.9 Å². The Morgan fingerprint density at radius 1 is 0.970 bits per heavy atom. The van der Waals surface area contributed by atoms with Crippen molar-refractivity contribution in [3.8, 4) is 0 Å². The van der Waals surface area contributed by atoms with Gasteiger partial charge in [-0.25, -0.2) is 0 Å². The molecular weight excluding hydrogens is 472 g/mol. The van der Waals surface area contributed by atoms with Crippen molar-refractivity contribution in [2.24, 2.45) is 10.8 Å². The number of amides is 1. The van der Waals surface area contributed by atoms with Crippen molar-refractivity contribution in [3.05, 3.63) is 105 Å². The van der Waals surface area contributed by atoms with Gasteiger partial charge in [-0.05, 0) is 41.7 Å². The summed E-state index contributed by atoms with van der Waals surface area (Å²) in [5.74, 6) is 0.261. The zero-order valence-corrected chi connectivity index (χ0v) is 20.7. The molecule has 4 heteroatoms. The Morgan fingerprint density at radius 3 is 2.48 bits per heavy atom. The van der Waals surface area contributed by atoms with Gasteiger partial charge in [0.15, 0.2) is 0 Å². The lowest BCUT2D eigenvalue weighted by Gasteiger charge is -2.55. The molecule has 33 heavy (non-hydrogen) atoms. The standard InChI is InChI=1S/C29H29BrN2O/c1-28(2)16-23-29(22-11-7-6-10-21(22)28)17-24(33)32-27(29)25(18-8-4-3-5-9-18)26(31-23)19-12-14-20(30)15-13-19/h3-5,7-9,11-16,25-27,31H,6,10,17H2,1-2H3,(H,32,33). The van der Waals surface area contributed by atoms with E-state index in [0.717, 1.165) is 17.3 Å². The van der Waals surface area contributed by atoms with Crippen molar-refractivity contribution >= 4 is 21.8 Å². The Labute approximate surface area is 204 Å². The van der Waals surface area contributed by atoms with Crippen molar-refractivity contribution in [2.45, 2.75) is 51.1 Å². The van der Waals surface area contributed by atoms with Gasteiger partial charge in [0.05, 0.1) is 17.5 Å². The molecule has 4 aliphatic rings. The van der Waals surface area contributed by atoms with E-state index in [4.69, 9.17) is 0 Å². The Kier molecular flexibility index (Phi) is 4.74. The third-order valence-electron chi connectivity index (χ3n) is 8.14. The normalized spacial score (nSPS) is 31.7. The second-order valence-corrected chi connectivity index (χ2v) is 11.3. The Hall–Kier alpha value is -2.59. The molecule has 2 aliphatic carbocycles. The number of piperidine rings is 1. The zero-order valence-electron chi connectivity index (χ0n) is 19.1. The minimum Gasteiger partial charge on any atom is -0.380 e. The summed E-state index contributed by atoms with van der Waals surface area (Å²) in [5, 5.41) is 7.47. The molecule has 4 atom stereocenters. The van der Waals surface area contributed by atoms with Crippen LogP contribution in [0.3, 0.4) is 0 Å². The first kappa shape index (κ1) is 21.0. The molecule has 2 saturated heterocycles. The van der Waals surface area contributed by atoms with E-state index in [-0.39, 0.29) is 34.7 Å². The van der Waals surface area contributed by atoms with E-state index < -0.39 is 0 Å². The molecule has 0 bridgehead atoms. The number of hydrogen-bond donors (Lipinski definition) is 2. The second kappa shape index (κ2) is 7.46. The molecule has 2 aromatic carbocycles. The van der Waals surface area contributed by atoms with Crippen LogP contribution in [0.2, 0.25) is 0 Å². The maximum absolute atomic E-state index is 13.1. The lowest BCUT2D eigenvalue weighted by Crippen LogP contribution is -2.57. The molecule has 0 radical (unpaired) electrons. The molecule has 2 aromatic rings. The predicted molar refractivity (Wildman–Crippen MR) is 135 cm³/mol. The first-order valence-corrected chi connectivity index (χ1v) is 12.7. The average Bonchev–Trinajstić information content (AvgIpc) is 3.17. The van der Waals surface area contributed by atoms with Crippen LogP contribution >= 0.6 is 15.9 Å². The van der Waals surface area contributed by atoms with Crippen molar-refractivity contribution < 1.29 is 4.79 Å². The molecule has 3 nitrogen and oxygen atoms in total. The van der Waals surface area contributed by atoms with Crippen LogP contribution in [0.4, 0.5) is 0 Å². The number of benzene rings is 2. The third-order valence-corrected chi connectivity index (χ3v) is 8.67. The van der Waals surface area contributed by atoms with Crippen LogP contribution in [0.25, 0.3) is 0 Å². The van der Waals surface area contributed by atoms with E-state index in [1.807, 2.05) is 0 Å².